The van der Waals surface area contributed by atoms with E-state index < -0.39 is 0 Å². The minimum absolute atomic E-state index is 0.00269. The van der Waals surface area contributed by atoms with Crippen molar-refractivity contribution < 1.29 is 4.79 Å². The van der Waals surface area contributed by atoms with E-state index in [9.17, 15) is 4.79 Å². The van der Waals surface area contributed by atoms with Crippen molar-refractivity contribution in [3.8, 4) is 0 Å². The van der Waals surface area contributed by atoms with Gasteiger partial charge in [-0.3, -0.25) is 0 Å². The molecule has 2 heterocycles. The minimum atomic E-state index is -0.0349. The van der Waals surface area contributed by atoms with Crippen LogP contribution >= 0.6 is 0 Å². The van der Waals surface area contributed by atoms with E-state index in [0.29, 0.717) is 6.54 Å². The van der Waals surface area contributed by atoms with Crippen LogP contribution in [0.25, 0.3) is 0 Å². The number of carbonyl (C=O) groups excluding carboxylic acids is 1. The van der Waals surface area contributed by atoms with Crippen LogP contribution < -0.4 is 11.1 Å². The summed E-state index contributed by atoms with van der Waals surface area (Å²) in [4.78, 5) is 19.2. The molecule has 1 saturated heterocycles. The standard InChI is InChI=1S/C21H29N5O/c1-20(2)15-26(19(27)24-11-10-21(22)8-9-21)17(20)18-23-12-13-25(18)14-16-6-4-3-5-7-16/h3-7,12-13,17H,8-11,14-15,22H2,1-2H3,(H,24,27). The van der Waals surface area contributed by atoms with Crippen LogP contribution in [0.1, 0.15) is 50.5 Å². The van der Waals surface area contributed by atoms with Gasteiger partial charge in [0.15, 0.2) is 0 Å². The average molecular weight is 367 g/mol. The molecule has 3 N–H and O–H groups in total. The number of nitrogens with two attached hydrogens (primary N) is 1. The number of benzene rings is 1. The predicted molar refractivity (Wildman–Crippen MR) is 105 cm³/mol. The summed E-state index contributed by atoms with van der Waals surface area (Å²) in [5.74, 6) is 0.947. The first-order chi connectivity index (χ1) is 12.9. The number of rotatable bonds is 6. The first-order valence-corrected chi connectivity index (χ1v) is 9.76. The quantitative estimate of drug-likeness (QED) is 0.824. The van der Waals surface area contributed by atoms with Crippen molar-refractivity contribution in [2.75, 3.05) is 13.1 Å². The zero-order valence-electron chi connectivity index (χ0n) is 16.2. The lowest BCUT2D eigenvalue weighted by Gasteiger charge is -2.53. The van der Waals surface area contributed by atoms with Crippen LogP contribution in [0, 0.1) is 5.41 Å². The van der Waals surface area contributed by atoms with Crippen LogP contribution in [0.15, 0.2) is 42.7 Å². The van der Waals surface area contributed by atoms with Crippen molar-refractivity contribution in [1.29, 1.82) is 0 Å². The maximum Gasteiger partial charge on any atom is 0.318 e. The first-order valence-electron chi connectivity index (χ1n) is 9.76. The second-order valence-corrected chi connectivity index (χ2v) is 8.76. The Morgan fingerprint density at radius 2 is 2.04 bits per heavy atom. The smallest absolute Gasteiger partial charge is 0.318 e. The molecule has 0 radical (unpaired) electrons. The molecule has 2 fully saturated rings. The highest BCUT2D eigenvalue weighted by Crippen LogP contribution is 2.47. The molecule has 0 bridgehead atoms. The Hall–Kier alpha value is -2.34. The molecule has 2 aliphatic rings. The maximum absolute atomic E-state index is 12.7. The van der Waals surface area contributed by atoms with Gasteiger partial charge in [0.25, 0.3) is 0 Å². The lowest BCUT2D eigenvalue weighted by molar-refractivity contribution is -0.0232. The van der Waals surface area contributed by atoms with Gasteiger partial charge in [-0.2, -0.15) is 0 Å². The average Bonchev–Trinajstić information content (AvgIpc) is 3.20. The number of hydrogen-bond donors (Lipinski definition) is 2. The molecular weight excluding hydrogens is 338 g/mol. The summed E-state index contributed by atoms with van der Waals surface area (Å²) in [6, 6.07) is 10.3. The molecule has 144 valence electrons. The molecule has 1 aromatic heterocycles. The van der Waals surface area contributed by atoms with Crippen LogP contribution in [0.3, 0.4) is 0 Å². The summed E-state index contributed by atoms with van der Waals surface area (Å²) < 4.78 is 2.15. The second-order valence-electron chi connectivity index (χ2n) is 8.76. The second kappa shape index (κ2) is 6.68. The van der Waals surface area contributed by atoms with Gasteiger partial charge >= 0.3 is 6.03 Å². The molecule has 1 aliphatic heterocycles. The highest BCUT2D eigenvalue weighted by atomic mass is 16.2. The molecule has 1 aliphatic carbocycles. The third kappa shape index (κ3) is 3.72. The van der Waals surface area contributed by atoms with Crippen molar-refractivity contribution in [2.24, 2.45) is 11.1 Å². The number of nitrogens with zero attached hydrogens (tertiary/aromatic N) is 3. The summed E-state index contributed by atoms with van der Waals surface area (Å²) in [7, 11) is 0. The Balaban J connectivity index is 1.46. The number of nitrogens with one attached hydrogen (secondary N) is 1. The number of carbonyl (C=O) groups is 1. The third-order valence-corrected chi connectivity index (χ3v) is 5.87. The van der Waals surface area contributed by atoms with Gasteiger partial charge in [-0.05, 0) is 24.8 Å². The molecule has 6 heteroatoms. The molecule has 4 rings (SSSR count). The molecule has 2 aromatic rings. The van der Waals surface area contributed by atoms with Crippen molar-refractivity contribution >= 4 is 6.03 Å². The van der Waals surface area contributed by atoms with E-state index in [-0.39, 0.29) is 23.0 Å². The van der Waals surface area contributed by atoms with E-state index in [1.165, 1.54) is 5.56 Å². The zero-order chi connectivity index (χ0) is 19.1. The number of likely N-dealkylation sites (tertiary alicyclic amines) is 1. The fourth-order valence-corrected chi connectivity index (χ4v) is 4.02. The van der Waals surface area contributed by atoms with Gasteiger partial charge in [-0.1, -0.05) is 44.2 Å². The molecule has 1 unspecified atom stereocenters. The number of hydrogen-bond acceptors (Lipinski definition) is 3. The summed E-state index contributed by atoms with van der Waals surface area (Å²) in [5, 5.41) is 3.05. The van der Waals surface area contributed by atoms with E-state index in [0.717, 1.165) is 38.2 Å². The molecular formula is C21H29N5O. The van der Waals surface area contributed by atoms with E-state index in [2.05, 4.69) is 40.8 Å². The SMILES string of the molecule is CC1(C)CN(C(=O)NCCC2(N)CC2)C1c1nccn1Cc1ccccc1. The van der Waals surface area contributed by atoms with Crippen molar-refractivity contribution in [2.45, 2.75) is 51.2 Å². The lowest BCUT2D eigenvalue weighted by Crippen LogP contribution is -2.61. The monoisotopic (exact) mass is 367 g/mol. The Bertz CT molecular complexity index is 809. The number of imidazole rings is 1. The van der Waals surface area contributed by atoms with Gasteiger partial charge in [-0.15, -0.1) is 0 Å². The van der Waals surface area contributed by atoms with E-state index in [1.807, 2.05) is 35.5 Å². The Morgan fingerprint density at radius 1 is 1.30 bits per heavy atom. The number of amides is 2. The van der Waals surface area contributed by atoms with Crippen molar-refractivity contribution in [3.05, 3.63) is 54.1 Å². The summed E-state index contributed by atoms with van der Waals surface area (Å²) in [6.45, 7) is 6.52. The van der Waals surface area contributed by atoms with Crippen LogP contribution in [-0.2, 0) is 6.54 Å². The minimum Gasteiger partial charge on any atom is -0.338 e. The largest absolute Gasteiger partial charge is 0.338 e. The van der Waals surface area contributed by atoms with E-state index >= 15 is 0 Å². The van der Waals surface area contributed by atoms with Gasteiger partial charge in [0.1, 0.15) is 5.82 Å². The summed E-state index contributed by atoms with van der Waals surface area (Å²) >= 11 is 0. The van der Waals surface area contributed by atoms with Gasteiger partial charge in [-0.25, -0.2) is 9.78 Å². The normalized spacial score (nSPS) is 22.2. The highest BCUT2D eigenvalue weighted by molar-refractivity contribution is 5.76. The van der Waals surface area contributed by atoms with Gasteiger partial charge in [0, 0.05) is 43.0 Å². The van der Waals surface area contributed by atoms with Crippen LogP contribution in [0.2, 0.25) is 0 Å². The Labute approximate surface area is 160 Å². The number of aromatic nitrogens is 2. The van der Waals surface area contributed by atoms with Crippen molar-refractivity contribution in [3.63, 3.8) is 0 Å². The zero-order valence-corrected chi connectivity index (χ0v) is 16.2. The highest BCUT2D eigenvalue weighted by Gasteiger charge is 2.51. The molecule has 1 aromatic carbocycles. The van der Waals surface area contributed by atoms with Crippen LogP contribution in [0.5, 0.6) is 0 Å². The first kappa shape index (κ1) is 18.0. The fraction of sp³-hybridized carbons (Fsp3) is 0.524. The molecule has 2 amide bonds. The predicted octanol–water partition coefficient (Wildman–Crippen LogP) is 2.91. The molecule has 27 heavy (non-hydrogen) atoms. The van der Waals surface area contributed by atoms with Crippen LogP contribution in [-0.4, -0.2) is 39.1 Å². The third-order valence-electron chi connectivity index (χ3n) is 5.87. The van der Waals surface area contributed by atoms with Gasteiger partial charge in [0.05, 0.1) is 6.04 Å². The molecule has 6 nitrogen and oxygen atoms in total. The molecule has 0 spiro atoms. The number of urea groups is 1. The van der Waals surface area contributed by atoms with Gasteiger partial charge in [0.2, 0.25) is 0 Å². The van der Waals surface area contributed by atoms with E-state index in [1.54, 1.807) is 0 Å². The van der Waals surface area contributed by atoms with E-state index in [4.69, 9.17) is 5.73 Å². The maximum atomic E-state index is 12.7. The Kier molecular flexibility index (Phi) is 4.46. The van der Waals surface area contributed by atoms with Crippen molar-refractivity contribution in [1.82, 2.24) is 19.8 Å². The Morgan fingerprint density at radius 3 is 2.70 bits per heavy atom. The molecule has 1 saturated carbocycles. The summed E-state index contributed by atoms with van der Waals surface area (Å²) in [5.41, 5.74) is 7.31. The summed E-state index contributed by atoms with van der Waals surface area (Å²) in [6.07, 6.45) is 6.81. The van der Waals surface area contributed by atoms with Crippen LogP contribution in [0.4, 0.5) is 4.79 Å². The molecule has 1 atom stereocenters. The fourth-order valence-electron chi connectivity index (χ4n) is 4.02. The van der Waals surface area contributed by atoms with Gasteiger partial charge < -0.3 is 20.5 Å². The lowest BCUT2D eigenvalue weighted by atomic mass is 9.74. The topological polar surface area (TPSA) is 76.2 Å².